The molecular formula is C17H21N3S. The van der Waals surface area contributed by atoms with Crippen LogP contribution in [0.2, 0.25) is 0 Å². The van der Waals surface area contributed by atoms with Crippen molar-refractivity contribution in [1.82, 2.24) is 4.98 Å². The van der Waals surface area contributed by atoms with Crippen molar-refractivity contribution in [3.63, 3.8) is 0 Å². The quantitative estimate of drug-likeness (QED) is 0.845. The standard InChI is InChI=1S/C17H21N3S/c1-11-6-2-4-8-14(11)20-16-12-7-3-5-9-15(12)19-10-13(16)17(18)21/h3,5,7,9-11,14H,2,4,6,8H2,1H3,(H2,18,21)(H,19,20). The summed E-state index contributed by atoms with van der Waals surface area (Å²) in [4.78, 5) is 4.87. The van der Waals surface area contributed by atoms with Crippen LogP contribution in [0.3, 0.4) is 0 Å². The topological polar surface area (TPSA) is 50.9 Å². The van der Waals surface area contributed by atoms with E-state index in [1.54, 1.807) is 6.20 Å². The number of aromatic nitrogens is 1. The second-order valence-electron chi connectivity index (χ2n) is 5.94. The summed E-state index contributed by atoms with van der Waals surface area (Å²) < 4.78 is 0. The van der Waals surface area contributed by atoms with Gasteiger partial charge in [-0.25, -0.2) is 0 Å². The molecule has 0 bridgehead atoms. The maximum Gasteiger partial charge on any atom is 0.107 e. The van der Waals surface area contributed by atoms with E-state index in [0.29, 0.717) is 16.9 Å². The molecule has 1 aliphatic rings. The van der Waals surface area contributed by atoms with Gasteiger partial charge in [0.25, 0.3) is 0 Å². The molecule has 3 rings (SSSR count). The summed E-state index contributed by atoms with van der Waals surface area (Å²) in [6.07, 6.45) is 6.89. The molecule has 2 unspecified atom stereocenters. The summed E-state index contributed by atoms with van der Waals surface area (Å²) in [7, 11) is 0. The molecule has 2 atom stereocenters. The van der Waals surface area contributed by atoms with Crippen LogP contribution >= 0.6 is 12.2 Å². The second kappa shape index (κ2) is 5.98. The van der Waals surface area contributed by atoms with Crippen molar-refractivity contribution in [3.05, 3.63) is 36.0 Å². The molecule has 0 spiro atoms. The number of nitrogens with zero attached hydrogens (tertiary/aromatic N) is 1. The number of nitrogens with two attached hydrogens (primary N) is 1. The number of rotatable bonds is 3. The number of fused-ring (bicyclic) bond motifs is 1. The minimum Gasteiger partial charge on any atom is -0.389 e. The van der Waals surface area contributed by atoms with Crippen LogP contribution in [-0.2, 0) is 0 Å². The summed E-state index contributed by atoms with van der Waals surface area (Å²) in [5.74, 6) is 0.671. The predicted molar refractivity (Wildman–Crippen MR) is 92.7 cm³/mol. The van der Waals surface area contributed by atoms with Crippen molar-refractivity contribution in [1.29, 1.82) is 0 Å². The summed E-state index contributed by atoms with van der Waals surface area (Å²) in [6, 6.07) is 8.62. The lowest BCUT2D eigenvalue weighted by molar-refractivity contribution is 0.350. The highest BCUT2D eigenvalue weighted by atomic mass is 32.1. The van der Waals surface area contributed by atoms with Crippen LogP contribution in [0.25, 0.3) is 10.9 Å². The van der Waals surface area contributed by atoms with E-state index >= 15 is 0 Å². The molecular weight excluding hydrogens is 278 g/mol. The SMILES string of the molecule is CC1CCCCC1Nc1c(C(N)=S)cnc2ccccc12. The highest BCUT2D eigenvalue weighted by Crippen LogP contribution is 2.31. The molecule has 1 heterocycles. The van der Waals surface area contributed by atoms with Crippen LogP contribution in [-0.4, -0.2) is 16.0 Å². The van der Waals surface area contributed by atoms with Crippen LogP contribution in [0.4, 0.5) is 5.69 Å². The number of benzene rings is 1. The third kappa shape index (κ3) is 2.86. The molecule has 1 fully saturated rings. The number of para-hydroxylation sites is 1. The number of thiocarbonyl (C=S) groups is 1. The van der Waals surface area contributed by atoms with Gasteiger partial charge in [-0.05, 0) is 24.8 Å². The Morgan fingerprint density at radius 2 is 2.05 bits per heavy atom. The van der Waals surface area contributed by atoms with Crippen LogP contribution in [0.5, 0.6) is 0 Å². The Hall–Kier alpha value is -1.68. The minimum atomic E-state index is 0.402. The van der Waals surface area contributed by atoms with E-state index < -0.39 is 0 Å². The van der Waals surface area contributed by atoms with Crippen molar-refractivity contribution >= 4 is 33.8 Å². The maximum absolute atomic E-state index is 5.90. The van der Waals surface area contributed by atoms with E-state index in [-0.39, 0.29) is 0 Å². The van der Waals surface area contributed by atoms with Crippen LogP contribution in [0.1, 0.15) is 38.2 Å². The molecule has 110 valence electrons. The Morgan fingerprint density at radius 3 is 2.81 bits per heavy atom. The zero-order valence-electron chi connectivity index (χ0n) is 12.3. The Labute approximate surface area is 130 Å². The van der Waals surface area contributed by atoms with Crippen LogP contribution in [0, 0.1) is 5.92 Å². The Bertz CT molecular complexity index is 668. The first-order valence-electron chi connectivity index (χ1n) is 7.61. The molecule has 1 aliphatic carbocycles. The third-order valence-electron chi connectivity index (χ3n) is 4.48. The fraction of sp³-hybridized carbons (Fsp3) is 0.412. The smallest absolute Gasteiger partial charge is 0.107 e. The third-order valence-corrected chi connectivity index (χ3v) is 4.70. The molecule has 0 saturated heterocycles. The van der Waals surface area contributed by atoms with Crippen LogP contribution < -0.4 is 11.1 Å². The van der Waals surface area contributed by atoms with Gasteiger partial charge in [0.15, 0.2) is 0 Å². The molecule has 3 nitrogen and oxygen atoms in total. The van der Waals surface area contributed by atoms with Crippen molar-refractivity contribution in [2.45, 2.75) is 38.6 Å². The van der Waals surface area contributed by atoms with E-state index in [4.69, 9.17) is 18.0 Å². The van der Waals surface area contributed by atoms with Gasteiger partial charge in [-0.15, -0.1) is 0 Å². The highest BCUT2D eigenvalue weighted by Gasteiger charge is 2.23. The Balaban J connectivity index is 2.05. The summed E-state index contributed by atoms with van der Waals surface area (Å²) in [5.41, 5.74) is 8.77. The first-order valence-corrected chi connectivity index (χ1v) is 8.01. The van der Waals surface area contributed by atoms with Crippen molar-refractivity contribution in [3.8, 4) is 0 Å². The van der Waals surface area contributed by atoms with Gasteiger partial charge >= 0.3 is 0 Å². The van der Waals surface area contributed by atoms with Crippen molar-refractivity contribution in [2.24, 2.45) is 11.7 Å². The largest absolute Gasteiger partial charge is 0.389 e. The van der Waals surface area contributed by atoms with Gasteiger partial charge in [-0.2, -0.15) is 0 Å². The number of nitrogens with one attached hydrogen (secondary N) is 1. The normalized spacial score (nSPS) is 22.1. The lowest BCUT2D eigenvalue weighted by Crippen LogP contribution is -2.31. The molecule has 4 heteroatoms. The minimum absolute atomic E-state index is 0.402. The molecule has 1 aromatic carbocycles. The van der Waals surface area contributed by atoms with E-state index in [2.05, 4.69) is 23.3 Å². The van der Waals surface area contributed by atoms with E-state index in [0.717, 1.165) is 22.2 Å². The average molecular weight is 299 g/mol. The van der Waals surface area contributed by atoms with Gasteiger partial charge in [0.05, 0.1) is 16.8 Å². The van der Waals surface area contributed by atoms with E-state index in [1.807, 2.05) is 18.2 Å². The van der Waals surface area contributed by atoms with Gasteiger partial charge in [0.1, 0.15) is 4.99 Å². The molecule has 21 heavy (non-hydrogen) atoms. The summed E-state index contributed by atoms with van der Waals surface area (Å²) in [6.45, 7) is 2.32. The molecule has 0 radical (unpaired) electrons. The van der Waals surface area contributed by atoms with Gasteiger partial charge in [-0.1, -0.05) is 50.2 Å². The second-order valence-corrected chi connectivity index (χ2v) is 6.38. The van der Waals surface area contributed by atoms with E-state index in [9.17, 15) is 0 Å². The molecule has 1 saturated carbocycles. The van der Waals surface area contributed by atoms with E-state index in [1.165, 1.54) is 25.7 Å². The maximum atomic E-state index is 5.90. The molecule has 2 aromatic rings. The lowest BCUT2D eigenvalue weighted by Gasteiger charge is -2.31. The average Bonchev–Trinajstić information content (AvgIpc) is 2.49. The molecule has 3 N–H and O–H groups in total. The van der Waals surface area contributed by atoms with Gasteiger partial charge in [0.2, 0.25) is 0 Å². The lowest BCUT2D eigenvalue weighted by atomic mass is 9.85. The molecule has 0 amide bonds. The fourth-order valence-corrected chi connectivity index (χ4v) is 3.35. The Kier molecular flexibility index (Phi) is 4.06. The number of anilines is 1. The molecule has 1 aromatic heterocycles. The first kappa shape index (κ1) is 14.3. The van der Waals surface area contributed by atoms with Crippen molar-refractivity contribution < 1.29 is 0 Å². The van der Waals surface area contributed by atoms with Gasteiger partial charge in [-0.3, -0.25) is 4.98 Å². The monoisotopic (exact) mass is 299 g/mol. The number of hydrogen-bond acceptors (Lipinski definition) is 3. The first-order chi connectivity index (χ1) is 10.2. The predicted octanol–water partition coefficient (Wildman–Crippen LogP) is 3.86. The fourth-order valence-electron chi connectivity index (χ4n) is 3.20. The zero-order chi connectivity index (χ0) is 14.8. The summed E-state index contributed by atoms with van der Waals surface area (Å²) in [5, 5.41) is 4.81. The highest BCUT2D eigenvalue weighted by molar-refractivity contribution is 7.80. The van der Waals surface area contributed by atoms with Crippen LogP contribution in [0.15, 0.2) is 30.5 Å². The van der Waals surface area contributed by atoms with Gasteiger partial charge < -0.3 is 11.1 Å². The van der Waals surface area contributed by atoms with Gasteiger partial charge in [0, 0.05) is 17.6 Å². The zero-order valence-corrected chi connectivity index (χ0v) is 13.1. The van der Waals surface area contributed by atoms with Crippen molar-refractivity contribution in [2.75, 3.05) is 5.32 Å². The number of pyridine rings is 1. The number of hydrogen-bond donors (Lipinski definition) is 2. The molecule has 0 aliphatic heterocycles. The summed E-state index contributed by atoms with van der Waals surface area (Å²) >= 11 is 5.21. The Morgan fingerprint density at radius 1 is 1.29 bits per heavy atom.